The Balaban J connectivity index is 1.37. The Hall–Kier alpha value is -2.34. The number of esters is 1. The summed E-state index contributed by atoms with van der Waals surface area (Å²) in [6.45, 7) is 3.33. The van der Waals surface area contributed by atoms with Crippen molar-refractivity contribution in [1.29, 1.82) is 0 Å². The normalized spacial score (nSPS) is 22.1. The first kappa shape index (κ1) is 15.2. The molecule has 1 atom stereocenters. The first-order valence-electron chi connectivity index (χ1n) is 8.46. The summed E-state index contributed by atoms with van der Waals surface area (Å²) >= 11 is 0. The Kier molecular flexibility index (Phi) is 3.98. The Labute approximate surface area is 140 Å². The number of nitrogens with zero attached hydrogens (tertiary/aromatic N) is 2. The van der Waals surface area contributed by atoms with Crippen LogP contribution < -0.4 is 0 Å². The summed E-state index contributed by atoms with van der Waals surface area (Å²) in [4.78, 5) is 31.5. The predicted molar refractivity (Wildman–Crippen MR) is 89.5 cm³/mol. The second kappa shape index (κ2) is 6.28. The van der Waals surface area contributed by atoms with E-state index in [1.807, 2.05) is 35.4 Å². The average Bonchev–Trinajstić information content (AvgIpc) is 3.22. The maximum Gasteiger partial charge on any atom is 0.323 e. The summed E-state index contributed by atoms with van der Waals surface area (Å²) in [5.74, 6) is 0.0296. The standard InChI is InChI=1S/C18H21N3O3/c22-17(11-13-12-19-15-4-2-1-3-14(13)15)21-8-6-20(7-9-21)16-5-10-24-18(16)23/h1-4,12,16,19H,5-11H2/t16-/m1/s1. The quantitative estimate of drug-likeness (QED) is 0.860. The van der Waals surface area contributed by atoms with E-state index in [0.717, 1.165) is 36.0 Å². The van der Waals surface area contributed by atoms with Crippen molar-refractivity contribution in [3.8, 4) is 0 Å². The molecule has 0 radical (unpaired) electrons. The molecule has 0 saturated carbocycles. The monoisotopic (exact) mass is 327 g/mol. The number of hydrogen-bond donors (Lipinski definition) is 1. The lowest BCUT2D eigenvalue weighted by Gasteiger charge is -2.36. The summed E-state index contributed by atoms with van der Waals surface area (Å²) in [5, 5.41) is 1.11. The smallest absolute Gasteiger partial charge is 0.323 e. The molecule has 1 aromatic carbocycles. The maximum atomic E-state index is 12.6. The molecule has 0 bridgehead atoms. The topological polar surface area (TPSA) is 65.6 Å². The maximum absolute atomic E-state index is 12.6. The Morgan fingerprint density at radius 1 is 1.21 bits per heavy atom. The summed E-state index contributed by atoms with van der Waals surface area (Å²) in [6.07, 6.45) is 3.10. The first-order chi connectivity index (χ1) is 11.7. The summed E-state index contributed by atoms with van der Waals surface area (Å²) in [5.41, 5.74) is 2.10. The van der Waals surface area contributed by atoms with Gasteiger partial charge in [0.25, 0.3) is 0 Å². The minimum absolute atomic E-state index is 0.115. The number of rotatable bonds is 3. The number of fused-ring (bicyclic) bond motifs is 1. The molecule has 2 fully saturated rings. The van der Waals surface area contributed by atoms with E-state index in [4.69, 9.17) is 4.74 Å². The van der Waals surface area contributed by atoms with Crippen LogP contribution >= 0.6 is 0 Å². The third-order valence-corrected chi connectivity index (χ3v) is 5.03. The van der Waals surface area contributed by atoms with Crippen LogP contribution in [0.4, 0.5) is 0 Å². The largest absolute Gasteiger partial charge is 0.464 e. The van der Waals surface area contributed by atoms with Gasteiger partial charge in [0.05, 0.1) is 13.0 Å². The van der Waals surface area contributed by atoms with Crippen LogP contribution in [0.25, 0.3) is 10.9 Å². The van der Waals surface area contributed by atoms with Crippen molar-refractivity contribution in [2.24, 2.45) is 0 Å². The van der Waals surface area contributed by atoms with Crippen LogP contribution in [0.2, 0.25) is 0 Å². The number of aromatic amines is 1. The van der Waals surface area contributed by atoms with Crippen LogP contribution in [0.1, 0.15) is 12.0 Å². The molecule has 2 aliphatic rings. The number of hydrogen-bond acceptors (Lipinski definition) is 4. The van der Waals surface area contributed by atoms with Gasteiger partial charge < -0.3 is 14.6 Å². The Bertz CT molecular complexity index is 762. The molecular formula is C18H21N3O3. The Morgan fingerprint density at radius 3 is 2.75 bits per heavy atom. The number of carbonyl (C=O) groups is 2. The molecular weight excluding hydrogens is 306 g/mol. The molecule has 4 rings (SSSR count). The van der Waals surface area contributed by atoms with E-state index in [0.29, 0.717) is 26.1 Å². The SMILES string of the molecule is O=C1OCC[C@H]1N1CCN(C(=O)Cc2c[nH]c3ccccc23)CC1. The number of carbonyl (C=O) groups excluding carboxylic acids is 2. The van der Waals surface area contributed by atoms with Gasteiger partial charge in [0.1, 0.15) is 6.04 Å². The average molecular weight is 327 g/mol. The van der Waals surface area contributed by atoms with Gasteiger partial charge in [0, 0.05) is 49.7 Å². The molecule has 0 aliphatic carbocycles. The molecule has 0 unspecified atom stereocenters. The molecule has 2 saturated heterocycles. The Morgan fingerprint density at radius 2 is 2.00 bits per heavy atom. The number of benzene rings is 1. The van der Waals surface area contributed by atoms with E-state index < -0.39 is 0 Å². The zero-order valence-electron chi connectivity index (χ0n) is 13.5. The third kappa shape index (κ3) is 2.78. The van der Waals surface area contributed by atoms with E-state index in [2.05, 4.69) is 9.88 Å². The van der Waals surface area contributed by atoms with Crippen molar-refractivity contribution in [2.75, 3.05) is 32.8 Å². The molecule has 1 amide bonds. The summed E-state index contributed by atoms with van der Waals surface area (Å²) in [6, 6.07) is 7.91. The number of H-pyrrole nitrogens is 1. The fraction of sp³-hybridized carbons (Fsp3) is 0.444. The van der Waals surface area contributed by atoms with Crippen LogP contribution in [0.5, 0.6) is 0 Å². The van der Waals surface area contributed by atoms with E-state index in [1.54, 1.807) is 0 Å². The third-order valence-electron chi connectivity index (χ3n) is 5.03. The molecule has 126 valence electrons. The highest BCUT2D eigenvalue weighted by atomic mass is 16.5. The fourth-order valence-corrected chi connectivity index (χ4v) is 3.65. The number of piperazine rings is 1. The zero-order valence-corrected chi connectivity index (χ0v) is 13.5. The highest BCUT2D eigenvalue weighted by Crippen LogP contribution is 2.20. The van der Waals surface area contributed by atoms with Crippen molar-refractivity contribution >= 4 is 22.8 Å². The molecule has 3 heterocycles. The highest BCUT2D eigenvalue weighted by Gasteiger charge is 2.34. The fourth-order valence-electron chi connectivity index (χ4n) is 3.65. The van der Waals surface area contributed by atoms with Gasteiger partial charge in [-0.25, -0.2) is 0 Å². The number of ether oxygens (including phenoxy) is 1. The number of para-hydroxylation sites is 1. The van der Waals surface area contributed by atoms with Crippen LogP contribution in [-0.2, 0) is 20.7 Å². The molecule has 2 aromatic rings. The lowest BCUT2D eigenvalue weighted by molar-refractivity contribution is -0.143. The second-order valence-electron chi connectivity index (χ2n) is 6.42. The van der Waals surface area contributed by atoms with Crippen LogP contribution in [0.3, 0.4) is 0 Å². The van der Waals surface area contributed by atoms with Gasteiger partial charge in [-0.15, -0.1) is 0 Å². The van der Waals surface area contributed by atoms with Gasteiger partial charge in [0.15, 0.2) is 0 Å². The molecule has 0 spiro atoms. The van der Waals surface area contributed by atoms with E-state index >= 15 is 0 Å². The highest BCUT2D eigenvalue weighted by molar-refractivity contribution is 5.89. The van der Waals surface area contributed by atoms with Gasteiger partial charge in [-0.1, -0.05) is 18.2 Å². The molecule has 24 heavy (non-hydrogen) atoms. The van der Waals surface area contributed by atoms with Crippen molar-refractivity contribution < 1.29 is 14.3 Å². The number of amides is 1. The predicted octanol–water partition coefficient (Wildman–Crippen LogP) is 1.17. The number of nitrogens with one attached hydrogen (secondary N) is 1. The van der Waals surface area contributed by atoms with Crippen LogP contribution in [-0.4, -0.2) is 65.5 Å². The van der Waals surface area contributed by atoms with Crippen molar-refractivity contribution in [3.05, 3.63) is 36.0 Å². The molecule has 1 N–H and O–H groups in total. The zero-order chi connectivity index (χ0) is 16.5. The molecule has 2 aliphatic heterocycles. The van der Waals surface area contributed by atoms with Crippen molar-refractivity contribution in [3.63, 3.8) is 0 Å². The first-order valence-corrected chi connectivity index (χ1v) is 8.46. The summed E-state index contributed by atoms with van der Waals surface area (Å²) < 4.78 is 5.04. The van der Waals surface area contributed by atoms with Crippen molar-refractivity contribution in [1.82, 2.24) is 14.8 Å². The summed E-state index contributed by atoms with van der Waals surface area (Å²) in [7, 11) is 0. The molecule has 1 aromatic heterocycles. The molecule has 6 heteroatoms. The minimum atomic E-state index is -0.117. The van der Waals surface area contributed by atoms with Crippen LogP contribution in [0, 0.1) is 0 Å². The van der Waals surface area contributed by atoms with Gasteiger partial charge in [-0.2, -0.15) is 0 Å². The van der Waals surface area contributed by atoms with E-state index in [1.165, 1.54) is 0 Å². The lowest BCUT2D eigenvalue weighted by atomic mass is 10.1. The van der Waals surface area contributed by atoms with E-state index in [-0.39, 0.29) is 17.9 Å². The van der Waals surface area contributed by atoms with Gasteiger partial charge >= 0.3 is 5.97 Å². The molecule has 6 nitrogen and oxygen atoms in total. The lowest BCUT2D eigenvalue weighted by Crippen LogP contribution is -2.53. The minimum Gasteiger partial charge on any atom is -0.464 e. The second-order valence-corrected chi connectivity index (χ2v) is 6.42. The number of aromatic nitrogens is 1. The van der Waals surface area contributed by atoms with Gasteiger partial charge in [-0.3, -0.25) is 14.5 Å². The van der Waals surface area contributed by atoms with Gasteiger partial charge in [0.2, 0.25) is 5.91 Å². The number of cyclic esters (lactones) is 1. The van der Waals surface area contributed by atoms with Gasteiger partial charge in [-0.05, 0) is 11.6 Å². The van der Waals surface area contributed by atoms with E-state index in [9.17, 15) is 9.59 Å². The van der Waals surface area contributed by atoms with Crippen LogP contribution in [0.15, 0.2) is 30.5 Å². The van der Waals surface area contributed by atoms with Crippen molar-refractivity contribution in [2.45, 2.75) is 18.9 Å².